The molecular formula is C65H83FN6O15. The number of carboxylic acids is 1. The number of hydrazone groups is 1. The smallest absolute Gasteiger partial charge is 0.341 e. The number of nitrogens with one attached hydrogen (secondary N) is 1. The van der Waals surface area contributed by atoms with Crippen LogP contribution in [0.15, 0.2) is 76.2 Å². The fourth-order valence-corrected chi connectivity index (χ4v) is 14.7. The monoisotopic (exact) mass is 1210 g/mol. The van der Waals surface area contributed by atoms with Crippen molar-refractivity contribution in [1.29, 1.82) is 0 Å². The van der Waals surface area contributed by atoms with Crippen LogP contribution in [0, 0.1) is 48.3 Å². The number of carboxylic acid groups (broad SMARTS) is 1. The maximum Gasteiger partial charge on any atom is 0.341 e. The van der Waals surface area contributed by atoms with Crippen LogP contribution in [0.5, 0.6) is 23.0 Å². The van der Waals surface area contributed by atoms with Gasteiger partial charge in [-0.1, -0.05) is 52.0 Å². The van der Waals surface area contributed by atoms with Crippen LogP contribution in [0.25, 0.3) is 10.8 Å². The number of amides is 2. The van der Waals surface area contributed by atoms with Gasteiger partial charge in [-0.2, -0.15) is 5.10 Å². The van der Waals surface area contributed by atoms with Gasteiger partial charge in [-0.25, -0.2) is 9.18 Å². The summed E-state index contributed by atoms with van der Waals surface area (Å²) in [7, 11) is 3.59. The third-order valence-corrected chi connectivity index (χ3v) is 20.3. The van der Waals surface area contributed by atoms with Crippen LogP contribution in [0.2, 0.25) is 0 Å². The van der Waals surface area contributed by atoms with E-state index in [-0.39, 0.29) is 79.4 Å². The number of aromatic hydroxyl groups is 3. The molecule has 6 heterocycles. The molecule has 22 heteroatoms. The quantitative estimate of drug-likeness (QED) is 0.0520. The Morgan fingerprint density at radius 1 is 0.908 bits per heavy atom. The van der Waals surface area contributed by atoms with Gasteiger partial charge < -0.3 is 64.7 Å². The van der Waals surface area contributed by atoms with E-state index < -0.39 is 113 Å². The van der Waals surface area contributed by atoms with Crippen molar-refractivity contribution in [3.05, 3.63) is 87.8 Å². The average Bonchev–Trinajstić information content (AvgIpc) is 1.70. The van der Waals surface area contributed by atoms with Crippen LogP contribution < -0.4 is 10.1 Å². The van der Waals surface area contributed by atoms with Gasteiger partial charge in [0.2, 0.25) is 0 Å². The van der Waals surface area contributed by atoms with E-state index >= 15 is 4.39 Å². The Labute approximate surface area is 506 Å². The second-order valence-electron chi connectivity index (χ2n) is 25.7. The molecule has 21 nitrogen and oxygen atoms in total. The van der Waals surface area contributed by atoms with E-state index in [4.69, 9.17) is 24.0 Å². The van der Waals surface area contributed by atoms with Crippen LogP contribution in [0.1, 0.15) is 122 Å². The van der Waals surface area contributed by atoms with Crippen LogP contribution in [-0.4, -0.2) is 174 Å². The number of piperidine rings is 1. The van der Waals surface area contributed by atoms with Crippen molar-refractivity contribution in [3.8, 4) is 23.0 Å². The molecule has 87 heavy (non-hydrogen) atoms. The Morgan fingerprint density at radius 3 is 2.23 bits per heavy atom. The molecule has 5 bridgehead atoms. The van der Waals surface area contributed by atoms with Gasteiger partial charge in [0.15, 0.2) is 17.3 Å². The van der Waals surface area contributed by atoms with Gasteiger partial charge in [0.05, 0.1) is 48.2 Å². The number of Topliss-reactive ketones (excluding diaryl/α,β-unsaturated/α-hetero) is 1. The zero-order valence-corrected chi connectivity index (χ0v) is 51.4. The molecular weight excluding hydrogens is 1120 g/mol. The predicted molar refractivity (Wildman–Crippen MR) is 320 cm³/mol. The number of benzene rings is 2. The number of carbonyl (C=O) groups excluding carboxylic acids is 4. The van der Waals surface area contributed by atoms with Crippen molar-refractivity contribution in [3.63, 3.8) is 0 Å². The highest BCUT2D eigenvalue weighted by Gasteiger charge is 2.57. The molecule has 0 aromatic heterocycles. The highest BCUT2D eigenvalue weighted by molar-refractivity contribution is 6.24. The average molecular weight is 1210 g/mol. The Bertz CT molecular complexity index is 3370. The van der Waals surface area contributed by atoms with E-state index in [0.29, 0.717) is 44.7 Å². The first-order valence-corrected chi connectivity index (χ1v) is 30.4. The molecule has 4 fully saturated rings. The van der Waals surface area contributed by atoms with Crippen molar-refractivity contribution in [2.45, 2.75) is 155 Å². The first-order valence-electron chi connectivity index (χ1n) is 30.4. The third-order valence-electron chi connectivity index (χ3n) is 20.3. The normalized spacial score (nSPS) is 33.0. The second kappa shape index (κ2) is 24.0. The summed E-state index contributed by atoms with van der Waals surface area (Å²) in [6, 6.07) is -0.290. The summed E-state index contributed by atoms with van der Waals surface area (Å²) in [6.07, 6.45) is 13.6. The number of aliphatic hydroxyl groups excluding tert-OH is 2. The number of halogens is 1. The van der Waals surface area contributed by atoms with Crippen LogP contribution in [0.4, 0.5) is 10.1 Å². The number of hydrogen-bond acceptors (Lipinski definition) is 18. The Hall–Kier alpha value is -7.27. The molecule has 2 saturated heterocycles. The lowest BCUT2D eigenvalue weighted by Gasteiger charge is -2.44. The maximum atomic E-state index is 16.3. The van der Waals surface area contributed by atoms with Crippen molar-refractivity contribution < 1.29 is 77.9 Å². The van der Waals surface area contributed by atoms with E-state index in [1.165, 1.54) is 70.5 Å². The standard InChI is InChI=1S/C65H83FN6O15/c1-31-13-12-14-32(2)61(80)68-50-48-44(56(77)49-59(47(48)34(4)55(76)57(50)78)87-64(9,60(49)79)85-26-20-46(84-11)33(3)58(86-38(8)73)37(7)54(75)36(6)53(31)74)28-67-71-24-18-41(19-25-71)69(10)65(21-22-65)40-17-23-70(29-40)52-35(5)51-42(39-15-16-39)27-43(63(82)83)62(81)72(51)30-45(52)66/h12-14,20,26-28,30-31,33,36-37,39-42,46,51,53-54,58,74-78H,15-19,21-25,29H2,1-11H3,(H,68,80)(H,82,83)/b13-12-,26-20-,32-14-,67-28-/t31-,33+,36+,37+,40?,42?,46-,51?,53-,54+,58+,64-/m0/s1. The number of carbonyl (C=O) groups is 5. The number of ketones is 1. The highest BCUT2D eigenvalue weighted by atomic mass is 19.1. The van der Waals surface area contributed by atoms with Gasteiger partial charge >= 0.3 is 17.7 Å². The molecule has 0 spiro atoms. The SMILES string of the molecule is CO[C@H]1/C=C\O[C@@]2(C)Oc3c(c(O)c(/C=N\N4CCC(N(C)C5(C6CCN(C7=C(C)C8C(C9CC9)C=C(C(=O)O)C(=O)N8C=C7F)C6)CC5)CC4)c4c(c(O)c(O)c(C)c34)NC(=O)/C(C)=C\C=C/[C@H](C)[C@H](O)[C@@H](C)[C@@H](O)[C@@H](C)[C@H](OC(C)=O)[C@@H]1C)C2=O. The zero-order chi connectivity index (χ0) is 63.0. The number of nitrogens with zero attached hydrogens (tertiary/aromatic N) is 5. The Balaban J connectivity index is 0.928. The lowest BCUT2D eigenvalue weighted by molar-refractivity contribution is -0.160. The molecule has 3 unspecified atom stereocenters. The number of esters is 1. The Kier molecular flexibility index (Phi) is 17.3. The summed E-state index contributed by atoms with van der Waals surface area (Å²) in [5, 5.41) is 78.4. The molecule has 10 rings (SSSR count). The number of aryl methyl sites for hydroxylation is 1. The first kappa shape index (κ1) is 62.8. The number of rotatable bonds is 10. The number of aliphatic hydroxyl groups is 2. The summed E-state index contributed by atoms with van der Waals surface area (Å²) in [4.78, 5) is 72.9. The fraction of sp³-hybridized carbons (Fsp3) is 0.569. The summed E-state index contributed by atoms with van der Waals surface area (Å²) in [6.45, 7) is 16.6. The zero-order valence-electron chi connectivity index (χ0n) is 51.4. The predicted octanol–water partition coefficient (Wildman–Crippen LogP) is 7.69. The number of fused-ring (bicyclic) bond motifs is 2. The van der Waals surface area contributed by atoms with Gasteiger partial charge in [-0.05, 0) is 96.2 Å². The Morgan fingerprint density at radius 2 is 1.60 bits per heavy atom. The number of likely N-dealkylation sites (tertiary alicyclic amines) is 1. The number of phenolic OH excluding ortho intramolecular Hbond substituents is 3. The molecule has 7 N–H and O–H groups in total. The topological polar surface area (TPSA) is 281 Å². The lowest BCUT2D eigenvalue weighted by Crippen LogP contribution is -2.51. The van der Waals surface area contributed by atoms with E-state index in [1.807, 2.05) is 11.9 Å². The number of methoxy groups -OCH3 is 1. The number of allylic oxidation sites excluding steroid dienone is 3. The first-order chi connectivity index (χ1) is 41.2. The highest BCUT2D eigenvalue weighted by Crippen LogP contribution is 2.57. The van der Waals surface area contributed by atoms with Gasteiger partial charge in [0.1, 0.15) is 28.7 Å². The number of hydrogen-bond donors (Lipinski definition) is 7. The van der Waals surface area contributed by atoms with Crippen molar-refractivity contribution in [2.24, 2.45) is 46.5 Å². The minimum Gasteiger partial charge on any atom is -0.506 e. The molecule has 2 aliphatic carbocycles. The third kappa shape index (κ3) is 11.3. The van der Waals surface area contributed by atoms with E-state index in [9.17, 15) is 54.6 Å². The van der Waals surface area contributed by atoms with Crippen molar-refractivity contribution in [1.82, 2.24) is 19.7 Å². The molecule has 2 amide bonds. The van der Waals surface area contributed by atoms with Gasteiger partial charge in [-0.15, -0.1) is 0 Å². The number of anilines is 1. The van der Waals surface area contributed by atoms with E-state index in [1.54, 1.807) is 45.9 Å². The van der Waals surface area contributed by atoms with E-state index in [2.05, 4.69) is 22.2 Å². The molecule has 0 radical (unpaired) electrons. The van der Waals surface area contributed by atoms with Crippen molar-refractivity contribution in [2.75, 3.05) is 45.7 Å². The summed E-state index contributed by atoms with van der Waals surface area (Å²) in [5.74, 6) is -11.4. The van der Waals surface area contributed by atoms with Crippen LogP contribution in [-0.2, 0) is 33.4 Å². The van der Waals surface area contributed by atoms with Gasteiger partial charge in [-0.3, -0.25) is 29.1 Å². The lowest BCUT2D eigenvalue weighted by atomic mass is 9.78. The second-order valence-corrected chi connectivity index (χ2v) is 25.7. The maximum absolute atomic E-state index is 16.3. The fourth-order valence-electron chi connectivity index (χ4n) is 14.7. The largest absolute Gasteiger partial charge is 0.506 e. The van der Waals surface area contributed by atoms with Gasteiger partial charge in [0, 0.05) is 122 Å². The summed E-state index contributed by atoms with van der Waals surface area (Å²) >= 11 is 0. The number of phenols is 3. The van der Waals surface area contributed by atoms with Gasteiger partial charge in [0.25, 0.3) is 17.6 Å². The molecule has 6 aliphatic heterocycles. The molecule has 2 aromatic carbocycles. The molecule has 12 atom stereocenters. The molecule has 470 valence electrons. The van der Waals surface area contributed by atoms with Crippen molar-refractivity contribution >= 4 is 52.2 Å². The minimum absolute atomic E-state index is 0.00410. The summed E-state index contributed by atoms with van der Waals surface area (Å²) in [5.41, 5.74) is 0.296. The van der Waals surface area contributed by atoms with Crippen LogP contribution in [0.3, 0.4) is 0 Å². The van der Waals surface area contributed by atoms with E-state index in [0.717, 1.165) is 37.7 Å². The minimum atomic E-state index is -2.15. The molecule has 2 saturated carbocycles. The number of ether oxygens (including phenoxy) is 4. The summed E-state index contributed by atoms with van der Waals surface area (Å²) < 4.78 is 40.5. The molecule has 2 aromatic rings. The van der Waals surface area contributed by atoms with Crippen LogP contribution >= 0.6 is 0 Å². The number of aliphatic carboxylic acids is 1. The molecule has 8 aliphatic rings.